The Hall–Kier alpha value is -8.00. The van der Waals surface area contributed by atoms with E-state index in [0.717, 1.165) is 17.1 Å². The molecule has 1 spiro atoms. The zero-order valence-corrected chi connectivity index (χ0v) is 34.1. The van der Waals surface area contributed by atoms with Gasteiger partial charge in [0.2, 0.25) is 0 Å². The summed E-state index contributed by atoms with van der Waals surface area (Å²) in [5.41, 5.74) is 22.4. The second-order valence-electron chi connectivity index (χ2n) is 16.3. The monoisotopic (exact) mass is 787 g/mol. The lowest BCUT2D eigenvalue weighted by Crippen LogP contribution is -2.30. The molecular weight excluding hydrogens is 747 g/mol. The van der Waals surface area contributed by atoms with Gasteiger partial charge in [-0.1, -0.05) is 218 Å². The largest absolute Gasteiger partial charge is 0.310 e. The fourth-order valence-corrected chi connectivity index (χ4v) is 10.5. The summed E-state index contributed by atoms with van der Waals surface area (Å²) in [5, 5.41) is 0. The Morgan fingerprint density at radius 1 is 0.226 bits per heavy atom. The molecule has 0 atom stereocenters. The molecule has 62 heavy (non-hydrogen) atoms. The second kappa shape index (κ2) is 14.6. The number of hydrogen-bond acceptors (Lipinski definition) is 1. The SMILES string of the molecule is c1ccc(-c2ccc(N(c3ccc(-c4ccccc4)cc3)c3cccc4c3-c3ccccc3-c3ccccc3-c3ccccc3C43c4ccccc4-c4ccccc43)cc2)cc1. The molecule has 0 amide bonds. The number of nitrogens with zero attached hydrogens (tertiary/aromatic N) is 1. The predicted molar refractivity (Wildman–Crippen MR) is 259 cm³/mol. The Labute approximate surface area is 363 Å². The first-order valence-electron chi connectivity index (χ1n) is 21.5. The third kappa shape index (κ3) is 5.49. The highest BCUT2D eigenvalue weighted by atomic mass is 15.1. The van der Waals surface area contributed by atoms with Crippen LogP contribution in [0.3, 0.4) is 0 Å². The van der Waals surface area contributed by atoms with Crippen LogP contribution in [0, 0.1) is 0 Å². The van der Waals surface area contributed by atoms with Crippen LogP contribution in [0.15, 0.2) is 249 Å². The molecule has 1 nitrogen and oxygen atoms in total. The first-order chi connectivity index (χ1) is 30.8. The van der Waals surface area contributed by atoms with Crippen LogP contribution in [0.5, 0.6) is 0 Å². The van der Waals surface area contributed by atoms with E-state index in [2.05, 4.69) is 254 Å². The molecule has 10 aromatic rings. The highest BCUT2D eigenvalue weighted by molar-refractivity contribution is 6.03. The van der Waals surface area contributed by atoms with E-state index < -0.39 is 5.41 Å². The van der Waals surface area contributed by atoms with Crippen LogP contribution in [0.1, 0.15) is 22.3 Å². The quantitative estimate of drug-likeness (QED) is 0.168. The van der Waals surface area contributed by atoms with Crippen molar-refractivity contribution in [3.63, 3.8) is 0 Å². The third-order valence-electron chi connectivity index (χ3n) is 13.1. The molecule has 2 aliphatic rings. The molecule has 0 fully saturated rings. The van der Waals surface area contributed by atoms with Gasteiger partial charge in [-0.2, -0.15) is 0 Å². The van der Waals surface area contributed by atoms with Gasteiger partial charge < -0.3 is 4.90 Å². The molecule has 0 radical (unpaired) electrons. The fourth-order valence-electron chi connectivity index (χ4n) is 10.5. The van der Waals surface area contributed by atoms with Gasteiger partial charge in [0.15, 0.2) is 0 Å². The molecule has 0 saturated heterocycles. The van der Waals surface area contributed by atoms with Crippen molar-refractivity contribution in [2.75, 3.05) is 4.90 Å². The molecular formula is C61H41N. The summed E-state index contributed by atoms with van der Waals surface area (Å²) in [4.78, 5) is 2.48. The van der Waals surface area contributed by atoms with Gasteiger partial charge in [0.1, 0.15) is 0 Å². The molecule has 0 aliphatic heterocycles. The summed E-state index contributed by atoms with van der Waals surface area (Å²) in [6.45, 7) is 0. The summed E-state index contributed by atoms with van der Waals surface area (Å²) < 4.78 is 0. The molecule has 0 aromatic heterocycles. The molecule has 2 aliphatic carbocycles. The molecule has 0 saturated carbocycles. The number of fused-ring (bicyclic) bond motifs is 14. The van der Waals surface area contributed by atoms with Crippen molar-refractivity contribution in [2.45, 2.75) is 5.41 Å². The standard InChI is InChI=1S/C61H41N/c1-3-18-42(19-4-1)44-34-38-46(39-35-44)62(47-40-36-45(37-41-47)43-20-5-2-6-21-43)59-33-17-32-58-60(59)54-28-10-9-24-50(54)48-22-7-8-23-49(48)51-25-11-14-29-55(51)61(58)56-30-15-12-26-52(56)53-27-13-16-31-57(53)61/h1-41H. The first-order valence-corrected chi connectivity index (χ1v) is 21.5. The van der Waals surface area contributed by atoms with Gasteiger partial charge in [0.25, 0.3) is 0 Å². The van der Waals surface area contributed by atoms with Crippen LogP contribution in [0.4, 0.5) is 17.1 Å². The van der Waals surface area contributed by atoms with Gasteiger partial charge in [0.05, 0.1) is 11.1 Å². The Bertz CT molecular complexity index is 3140. The zero-order valence-electron chi connectivity index (χ0n) is 34.1. The molecule has 12 rings (SSSR count). The summed E-state index contributed by atoms with van der Waals surface area (Å²) >= 11 is 0. The highest BCUT2D eigenvalue weighted by Gasteiger charge is 2.49. The first kappa shape index (κ1) is 35.9. The molecule has 0 N–H and O–H groups in total. The van der Waals surface area contributed by atoms with Gasteiger partial charge in [-0.25, -0.2) is 0 Å². The summed E-state index contributed by atoms with van der Waals surface area (Å²) in [6, 6.07) is 92.0. The lowest BCUT2D eigenvalue weighted by atomic mass is 9.64. The van der Waals surface area contributed by atoms with E-state index in [-0.39, 0.29) is 0 Å². The van der Waals surface area contributed by atoms with E-state index in [4.69, 9.17) is 0 Å². The summed E-state index contributed by atoms with van der Waals surface area (Å²) in [7, 11) is 0. The van der Waals surface area contributed by atoms with Crippen molar-refractivity contribution in [1.82, 2.24) is 0 Å². The lowest BCUT2D eigenvalue weighted by Gasteiger charge is -2.38. The molecule has 0 heterocycles. The van der Waals surface area contributed by atoms with E-state index in [9.17, 15) is 0 Å². The van der Waals surface area contributed by atoms with Crippen LogP contribution in [-0.4, -0.2) is 0 Å². The van der Waals surface area contributed by atoms with Crippen molar-refractivity contribution >= 4 is 17.1 Å². The average Bonchev–Trinajstić information content (AvgIpc) is 3.67. The Morgan fingerprint density at radius 2 is 0.548 bits per heavy atom. The Kier molecular flexibility index (Phi) is 8.47. The average molecular weight is 788 g/mol. The molecule has 0 unspecified atom stereocenters. The van der Waals surface area contributed by atoms with Gasteiger partial charge in [-0.15, -0.1) is 0 Å². The molecule has 10 aromatic carbocycles. The Balaban J connectivity index is 1.22. The van der Waals surface area contributed by atoms with Crippen molar-refractivity contribution in [3.8, 4) is 66.8 Å². The maximum Gasteiger partial charge on any atom is 0.0726 e. The Morgan fingerprint density at radius 3 is 1.02 bits per heavy atom. The topological polar surface area (TPSA) is 3.24 Å². The lowest BCUT2D eigenvalue weighted by molar-refractivity contribution is 0.773. The van der Waals surface area contributed by atoms with Crippen LogP contribution < -0.4 is 4.90 Å². The third-order valence-corrected chi connectivity index (χ3v) is 13.1. The molecule has 290 valence electrons. The number of benzene rings is 10. The summed E-state index contributed by atoms with van der Waals surface area (Å²) in [5.74, 6) is 0. The predicted octanol–water partition coefficient (Wildman–Crippen LogP) is 16.2. The van der Waals surface area contributed by atoms with E-state index >= 15 is 0 Å². The normalized spacial score (nSPS) is 12.6. The summed E-state index contributed by atoms with van der Waals surface area (Å²) in [6.07, 6.45) is 0. The van der Waals surface area contributed by atoms with Gasteiger partial charge >= 0.3 is 0 Å². The minimum atomic E-state index is -0.653. The van der Waals surface area contributed by atoms with E-state index in [1.807, 2.05) is 0 Å². The maximum atomic E-state index is 2.48. The number of hydrogen-bond donors (Lipinski definition) is 0. The molecule has 0 bridgehead atoms. The van der Waals surface area contributed by atoms with E-state index in [1.54, 1.807) is 0 Å². The van der Waals surface area contributed by atoms with E-state index in [1.165, 1.54) is 89.0 Å². The van der Waals surface area contributed by atoms with Gasteiger partial charge in [-0.3, -0.25) is 0 Å². The minimum Gasteiger partial charge on any atom is -0.310 e. The highest BCUT2D eigenvalue weighted by Crippen LogP contribution is 2.62. The second-order valence-corrected chi connectivity index (χ2v) is 16.3. The van der Waals surface area contributed by atoms with Crippen molar-refractivity contribution in [2.24, 2.45) is 0 Å². The minimum absolute atomic E-state index is 0.653. The van der Waals surface area contributed by atoms with Crippen molar-refractivity contribution in [3.05, 3.63) is 271 Å². The van der Waals surface area contributed by atoms with Gasteiger partial charge in [0, 0.05) is 16.9 Å². The number of anilines is 3. The number of rotatable bonds is 5. The van der Waals surface area contributed by atoms with Crippen LogP contribution >= 0.6 is 0 Å². The van der Waals surface area contributed by atoms with Crippen molar-refractivity contribution in [1.29, 1.82) is 0 Å². The van der Waals surface area contributed by atoms with Crippen LogP contribution in [0.2, 0.25) is 0 Å². The maximum absolute atomic E-state index is 2.48. The van der Waals surface area contributed by atoms with Crippen LogP contribution in [0.25, 0.3) is 66.8 Å². The van der Waals surface area contributed by atoms with Crippen LogP contribution in [-0.2, 0) is 5.41 Å². The smallest absolute Gasteiger partial charge is 0.0726 e. The van der Waals surface area contributed by atoms with E-state index in [0.29, 0.717) is 0 Å². The fraction of sp³-hybridized carbons (Fsp3) is 0.0164. The molecule has 1 heteroatoms. The van der Waals surface area contributed by atoms with Gasteiger partial charge in [-0.05, 0) is 114 Å². The zero-order chi connectivity index (χ0) is 41.0. The van der Waals surface area contributed by atoms with Crippen molar-refractivity contribution < 1.29 is 0 Å².